The van der Waals surface area contributed by atoms with Crippen LogP contribution < -0.4 is 15.4 Å². The molecule has 0 aromatic carbocycles. The molecule has 1 N–H and O–H groups in total. The van der Waals surface area contributed by atoms with E-state index < -0.39 is 0 Å². The lowest BCUT2D eigenvalue weighted by atomic mass is 10.2. The summed E-state index contributed by atoms with van der Waals surface area (Å²) in [6.45, 7) is 4.64. The van der Waals surface area contributed by atoms with Crippen molar-refractivity contribution in [2.45, 2.75) is 32.4 Å². The molecule has 0 saturated carbocycles. The molecule has 3 rings (SSSR count). The van der Waals surface area contributed by atoms with Gasteiger partial charge in [-0.05, 0) is 13.5 Å². The molecule has 2 aromatic heterocycles. The van der Waals surface area contributed by atoms with Gasteiger partial charge in [0, 0.05) is 63.8 Å². The monoisotopic (exact) mass is 363 g/mol. The molecule has 8 nitrogen and oxygen atoms in total. The first-order valence-corrected chi connectivity index (χ1v) is 9.29. The summed E-state index contributed by atoms with van der Waals surface area (Å²) >= 11 is 1.48. The topological polar surface area (TPSA) is 81.3 Å². The van der Waals surface area contributed by atoms with Gasteiger partial charge >= 0.3 is 0 Å². The van der Waals surface area contributed by atoms with Gasteiger partial charge in [0.15, 0.2) is 0 Å². The number of H-pyrrole nitrogens is 1. The Labute approximate surface area is 151 Å². The number of likely N-dealkylation sites (N-methyl/N-ethyl adjacent to an activating group) is 1. The van der Waals surface area contributed by atoms with E-state index in [1.165, 1.54) is 11.5 Å². The van der Waals surface area contributed by atoms with Gasteiger partial charge in [0.2, 0.25) is 11.1 Å². The van der Waals surface area contributed by atoms with Gasteiger partial charge in [0.25, 0.3) is 5.56 Å². The van der Waals surface area contributed by atoms with Crippen LogP contribution in [0.5, 0.6) is 0 Å². The summed E-state index contributed by atoms with van der Waals surface area (Å²) in [6.07, 6.45) is 1.94. The molecule has 1 aliphatic rings. The number of nitrogens with one attached hydrogen (secondary N) is 1. The summed E-state index contributed by atoms with van der Waals surface area (Å²) < 4.78 is 4.38. The van der Waals surface area contributed by atoms with Crippen LogP contribution in [0.2, 0.25) is 0 Å². The van der Waals surface area contributed by atoms with E-state index in [1.807, 2.05) is 19.0 Å². The second-order valence-corrected chi connectivity index (χ2v) is 7.34. The molecule has 0 aliphatic carbocycles. The summed E-state index contributed by atoms with van der Waals surface area (Å²) in [7, 11) is 5.82. The maximum absolute atomic E-state index is 11.8. The van der Waals surface area contributed by atoms with E-state index in [0.717, 1.165) is 42.6 Å². The fraction of sp³-hybridized carbons (Fsp3) is 0.625. The van der Waals surface area contributed by atoms with Crippen LogP contribution >= 0.6 is 11.5 Å². The Kier molecular flexibility index (Phi) is 5.33. The molecule has 136 valence electrons. The Morgan fingerprint density at radius 1 is 1.36 bits per heavy atom. The van der Waals surface area contributed by atoms with Crippen molar-refractivity contribution in [3.8, 4) is 0 Å². The number of hydrogen-bond donors (Lipinski definition) is 1. The number of aromatic nitrogens is 4. The normalized spacial score (nSPS) is 17.5. The fourth-order valence-electron chi connectivity index (χ4n) is 2.96. The van der Waals surface area contributed by atoms with Gasteiger partial charge in [-0.2, -0.15) is 4.37 Å². The molecule has 2 aromatic rings. The standard InChI is InChI=1S/C16H25N7OS/c1-5-13-18-16(25-20-13)23-7-6-12(10-23)22(4)9-11-8-14(24)19-15(17-11)21(2)3/h8,12H,5-7,9-10H2,1-4H3,(H,17,19,24)/t12-/m0/s1. The Bertz CT molecular complexity index is 772. The van der Waals surface area contributed by atoms with Crippen molar-refractivity contribution in [1.29, 1.82) is 0 Å². The molecule has 25 heavy (non-hydrogen) atoms. The summed E-state index contributed by atoms with van der Waals surface area (Å²) in [5, 5.41) is 1.01. The molecule has 1 fully saturated rings. The van der Waals surface area contributed by atoms with Gasteiger partial charge in [0.1, 0.15) is 5.82 Å². The lowest BCUT2D eigenvalue weighted by molar-refractivity contribution is 0.247. The number of nitrogens with zero attached hydrogens (tertiary/aromatic N) is 6. The average molecular weight is 363 g/mol. The zero-order chi connectivity index (χ0) is 18.0. The SMILES string of the molecule is CCc1nsc(N2CC[C@H](N(C)Cc3cc(=O)[nH]c(N(C)C)n3)C2)n1. The van der Waals surface area contributed by atoms with Gasteiger partial charge < -0.3 is 9.80 Å². The highest BCUT2D eigenvalue weighted by molar-refractivity contribution is 7.09. The molecular formula is C16H25N7OS. The third-order valence-corrected chi connectivity index (χ3v) is 5.26. The Morgan fingerprint density at radius 3 is 2.84 bits per heavy atom. The van der Waals surface area contributed by atoms with Crippen molar-refractivity contribution in [2.75, 3.05) is 44.0 Å². The fourth-order valence-corrected chi connectivity index (χ4v) is 3.75. The highest BCUT2D eigenvalue weighted by Gasteiger charge is 2.28. The molecule has 0 amide bonds. The molecule has 0 unspecified atom stereocenters. The zero-order valence-corrected chi connectivity index (χ0v) is 16.0. The number of aryl methyl sites for hydroxylation is 1. The van der Waals surface area contributed by atoms with Crippen LogP contribution in [-0.4, -0.2) is 64.5 Å². The number of anilines is 2. The van der Waals surface area contributed by atoms with E-state index in [9.17, 15) is 4.79 Å². The van der Waals surface area contributed by atoms with Crippen LogP contribution in [0.25, 0.3) is 0 Å². The van der Waals surface area contributed by atoms with Crippen LogP contribution in [0.1, 0.15) is 24.9 Å². The first kappa shape index (κ1) is 17.8. The highest BCUT2D eigenvalue weighted by Crippen LogP contribution is 2.25. The van der Waals surface area contributed by atoms with Crippen molar-refractivity contribution < 1.29 is 0 Å². The Balaban J connectivity index is 1.64. The number of rotatable bonds is 6. The predicted octanol–water partition coefficient (Wildman–Crippen LogP) is 0.960. The summed E-state index contributed by atoms with van der Waals surface area (Å²) in [5.41, 5.74) is 0.675. The van der Waals surface area contributed by atoms with E-state index in [2.05, 4.69) is 43.1 Å². The third-order valence-electron chi connectivity index (χ3n) is 4.45. The van der Waals surface area contributed by atoms with E-state index in [4.69, 9.17) is 0 Å². The average Bonchev–Trinajstić information content (AvgIpc) is 3.23. The van der Waals surface area contributed by atoms with Crippen LogP contribution in [0, 0.1) is 0 Å². The van der Waals surface area contributed by atoms with Crippen molar-refractivity contribution in [3.05, 3.63) is 27.9 Å². The Hall–Kier alpha value is -2.00. The second-order valence-electron chi connectivity index (χ2n) is 6.61. The van der Waals surface area contributed by atoms with Gasteiger partial charge in [0.05, 0.1) is 5.69 Å². The lowest BCUT2D eigenvalue weighted by Crippen LogP contribution is -2.35. The first-order chi connectivity index (χ1) is 12.0. The molecule has 0 radical (unpaired) electrons. The Morgan fingerprint density at radius 2 is 2.16 bits per heavy atom. The number of aromatic amines is 1. The van der Waals surface area contributed by atoms with E-state index in [1.54, 1.807) is 6.07 Å². The highest BCUT2D eigenvalue weighted by atomic mass is 32.1. The molecule has 1 atom stereocenters. The smallest absolute Gasteiger partial charge is 0.252 e. The molecule has 0 bridgehead atoms. The van der Waals surface area contributed by atoms with Gasteiger partial charge in [-0.15, -0.1) is 0 Å². The minimum absolute atomic E-state index is 0.115. The van der Waals surface area contributed by atoms with Crippen molar-refractivity contribution in [1.82, 2.24) is 24.2 Å². The maximum Gasteiger partial charge on any atom is 0.252 e. The van der Waals surface area contributed by atoms with Crippen molar-refractivity contribution in [2.24, 2.45) is 0 Å². The molecule has 3 heterocycles. The van der Waals surface area contributed by atoms with Crippen molar-refractivity contribution in [3.63, 3.8) is 0 Å². The first-order valence-electron chi connectivity index (χ1n) is 8.51. The minimum Gasteiger partial charge on any atom is -0.348 e. The predicted molar refractivity (Wildman–Crippen MR) is 101 cm³/mol. The summed E-state index contributed by atoms with van der Waals surface area (Å²) in [5.74, 6) is 1.51. The van der Waals surface area contributed by atoms with E-state index in [0.29, 0.717) is 18.5 Å². The van der Waals surface area contributed by atoms with Gasteiger partial charge in [-0.3, -0.25) is 14.7 Å². The third kappa shape index (κ3) is 4.16. The van der Waals surface area contributed by atoms with Crippen LogP contribution in [-0.2, 0) is 13.0 Å². The lowest BCUT2D eigenvalue weighted by Gasteiger charge is -2.24. The second kappa shape index (κ2) is 7.49. The van der Waals surface area contributed by atoms with Crippen LogP contribution in [0.15, 0.2) is 10.9 Å². The maximum atomic E-state index is 11.8. The van der Waals surface area contributed by atoms with Gasteiger partial charge in [-0.1, -0.05) is 6.92 Å². The minimum atomic E-state index is -0.115. The summed E-state index contributed by atoms with van der Waals surface area (Å²) in [6, 6.07) is 1.99. The van der Waals surface area contributed by atoms with E-state index >= 15 is 0 Å². The van der Waals surface area contributed by atoms with Crippen molar-refractivity contribution >= 4 is 22.6 Å². The molecule has 9 heteroatoms. The van der Waals surface area contributed by atoms with Gasteiger partial charge in [-0.25, -0.2) is 9.97 Å². The van der Waals surface area contributed by atoms with Crippen LogP contribution in [0.3, 0.4) is 0 Å². The molecular weight excluding hydrogens is 338 g/mol. The molecule has 1 aliphatic heterocycles. The molecule has 1 saturated heterocycles. The quantitative estimate of drug-likeness (QED) is 0.819. The zero-order valence-electron chi connectivity index (χ0n) is 15.2. The van der Waals surface area contributed by atoms with Crippen LogP contribution in [0.4, 0.5) is 11.1 Å². The largest absolute Gasteiger partial charge is 0.348 e. The number of hydrogen-bond acceptors (Lipinski definition) is 8. The van der Waals surface area contributed by atoms with E-state index in [-0.39, 0.29) is 5.56 Å². The molecule has 0 spiro atoms. The summed E-state index contributed by atoms with van der Waals surface area (Å²) in [4.78, 5) is 30.1.